The number of hydrogen-bond acceptors (Lipinski definition) is 6. The number of rotatable bonds is 8. The van der Waals surface area contributed by atoms with Crippen LogP contribution in [0.2, 0.25) is 0 Å². The van der Waals surface area contributed by atoms with Gasteiger partial charge in [0, 0.05) is 35.3 Å². The molecule has 0 radical (unpaired) electrons. The van der Waals surface area contributed by atoms with E-state index in [9.17, 15) is 14.9 Å². The van der Waals surface area contributed by atoms with Crippen molar-refractivity contribution in [3.8, 4) is 5.75 Å². The molecule has 1 aliphatic heterocycles. The fraction of sp³-hybridized carbons (Fsp3) is 0.333. The van der Waals surface area contributed by atoms with E-state index in [1.54, 1.807) is 19.2 Å². The zero-order valence-electron chi connectivity index (χ0n) is 19.9. The third kappa shape index (κ3) is 4.25. The highest BCUT2D eigenvalue weighted by atomic mass is 16.6. The summed E-state index contributed by atoms with van der Waals surface area (Å²) in [5, 5.41) is 15.9. The maximum atomic E-state index is 13.5. The standard InChI is InChI=1S/C27H28N4O4/c1-4-18-13-22(20-6-5-10-28-23(20)14-18)27(8-9-27)29-26(32)21-15-25(24(31(33)34)12-17(21)2)35-16-19-7-11-30(19)3/h4-6,10,12-15,19H,1,7-9,11,16H2,2-3H3,(H,29,32)/t19-/m0/s1. The number of hydrogen-bond donors (Lipinski definition) is 1. The van der Waals surface area contributed by atoms with Gasteiger partial charge in [0.05, 0.1) is 16.0 Å². The molecule has 1 saturated carbocycles. The summed E-state index contributed by atoms with van der Waals surface area (Å²) in [7, 11) is 2.00. The Labute approximate surface area is 203 Å². The minimum atomic E-state index is -0.513. The molecule has 1 saturated heterocycles. The van der Waals surface area contributed by atoms with E-state index in [1.165, 1.54) is 12.1 Å². The molecule has 0 unspecified atom stereocenters. The van der Waals surface area contributed by atoms with Crippen LogP contribution in [0.1, 0.15) is 46.3 Å². The Morgan fingerprint density at radius 2 is 2.17 bits per heavy atom. The third-order valence-corrected chi connectivity index (χ3v) is 7.21. The molecule has 1 aliphatic carbocycles. The maximum absolute atomic E-state index is 13.5. The number of nitrogens with zero attached hydrogens (tertiary/aromatic N) is 3. The number of carbonyl (C=O) groups is 1. The highest BCUT2D eigenvalue weighted by Gasteiger charge is 2.47. The Kier molecular flexibility index (Phi) is 5.76. The molecule has 180 valence electrons. The lowest BCUT2D eigenvalue weighted by Gasteiger charge is -2.37. The second-order valence-corrected chi connectivity index (χ2v) is 9.50. The summed E-state index contributed by atoms with van der Waals surface area (Å²) >= 11 is 0. The number of pyridine rings is 1. The summed E-state index contributed by atoms with van der Waals surface area (Å²) in [5.74, 6) is -0.152. The number of likely N-dealkylation sites (tertiary alicyclic amines) is 1. The van der Waals surface area contributed by atoms with E-state index in [1.807, 2.05) is 25.2 Å². The first kappa shape index (κ1) is 23.0. The third-order valence-electron chi connectivity index (χ3n) is 7.21. The first-order valence-corrected chi connectivity index (χ1v) is 11.8. The fourth-order valence-corrected chi connectivity index (χ4v) is 4.73. The molecule has 0 bridgehead atoms. The molecule has 2 fully saturated rings. The van der Waals surface area contributed by atoms with Crippen LogP contribution in [0.3, 0.4) is 0 Å². The Balaban J connectivity index is 1.46. The van der Waals surface area contributed by atoms with Gasteiger partial charge in [-0.3, -0.25) is 24.8 Å². The van der Waals surface area contributed by atoms with Crippen molar-refractivity contribution in [2.75, 3.05) is 20.2 Å². The van der Waals surface area contributed by atoms with Gasteiger partial charge in [-0.2, -0.15) is 0 Å². The van der Waals surface area contributed by atoms with Gasteiger partial charge in [0.15, 0.2) is 5.75 Å². The SMILES string of the molecule is C=Cc1cc(C2(NC(=O)c3cc(OC[C@@H]4CCN4C)c([N+](=O)[O-])cc3C)CC2)c2cccnc2c1. The molecule has 1 aromatic heterocycles. The van der Waals surface area contributed by atoms with Gasteiger partial charge in [-0.05, 0) is 74.7 Å². The number of ether oxygens (including phenoxy) is 1. The van der Waals surface area contributed by atoms with Crippen molar-refractivity contribution in [2.45, 2.75) is 37.8 Å². The molecule has 2 aromatic carbocycles. The number of aromatic nitrogens is 1. The van der Waals surface area contributed by atoms with Crippen LogP contribution in [0.25, 0.3) is 17.0 Å². The number of nitrogens with one attached hydrogen (secondary N) is 1. The molecular weight excluding hydrogens is 444 g/mol. The van der Waals surface area contributed by atoms with Gasteiger partial charge in [0.2, 0.25) is 0 Å². The normalized spacial score (nSPS) is 18.5. The first-order chi connectivity index (χ1) is 16.8. The molecule has 8 nitrogen and oxygen atoms in total. The molecule has 1 atom stereocenters. The average Bonchev–Trinajstić information content (AvgIpc) is 3.62. The topological polar surface area (TPSA) is 97.6 Å². The quantitative estimate of drug-likeness (QED) is 0.380. The molecule has 1 amide bonds. The van der Waals surface area contributed by atoms with Crippen LogP contribution < -0.4 is 10.1 Å². The summed E-state index contributed by atoms with van der Waals surface area (Å²) in [6.45, 7) is 6.93. The van der Waals surface area contributed by atoms with Crippen molar-refractivity contribution < 1.29 is 14.5 Å². The minimum absolute atomic E-state index is 0.124. The lowest BCUT2D eigenvalue weighted by Crippen LogP contribution is -2.48. The largest absolute Gasteiger partial charge is 0.485 e. The van der Waals surface area contributed by atoms with E-state index in [2.05, 4.69) is 27.8 Å². The van der Waals surface area contributed by atoms with Crippen molar-refractivity contribution in [1.82, 2.24) is 15.2 Å². The van der Waals surface area contributed by atoms with Crippen molar-refractivity contribution in [2.24, 2.45) is 0 Å². The molecule has 2 aliphatic rings. The van der Waals surface area contributed by atoms with E-state index in [0.717, 1.165) is 47.8 Å². The van der Waals surface area contributed by atoms with Crippen LogP contribution in [-0.2, 0) is 5.54 Å². The molecular formula is C27H28N4O4. The summed E-state index contributed by atoms with van der Waals surface area (Å²) in [5.41, 5.74) is 3.07. The number of carbonyl (C=O) groups excluding carboxylic acids is 1. The van der Waals surface area contributed by atoms with E-state index in [4.69, 9.17) is 4.74 Å². The van der Waals surface area contributed by atoms with Crippen molar-refractivity contribution in [1.29, 1.82) is 0 Å². The van der Waals surface area contributed by atoms with Gasteiger partial charge >= 0.3 is 5.69 Å². The van der Waals surface area contributed by atoms with Gasteiger partial charge in [-0.25, -0.2) is 0 Å². The molecule has 2 heterocycles. The second-order valence-electron chi connectivity index (χ2n) is 9.50. The van der Waals surface area contributed by atoms with E-state index < -0.39 is 10.5 Å². The van der Waals surface area contributed by atoms with Crippen LogP contribution >= 0.6 is 0 Å². The van der Waals surface area contributed by atoms with Gasteiger partial charge < -0.3 is 10.1 Å². The van der Waals surface area contributed by atoms with E-state index in [0.29, 0.717) is 17.7 Å². The van der Waals surface area contributed by atoms with Crippen LogP contribution in [0.5, 0.6) is 5.75 Å². The molecule has 35 heavy (non-hydrogen) atoms. The highest BCUT2D eigenvalue weighted by Crippen LogP contribution is 2.48. The summed E-state index contributed by atoms with van der Waals surface area (Å²) in [4.78, 5) is 31.3. The van der Waals surface area contributed by atoms with E-state index in [-0.39, 0.29) is 23.4 Å². The molecule has 5 rings (SSSR count). The number of amides is 1. The lowest BCUT2D eigenvalue weighted by atomic mass is 9.95. The van der Waals surface area contributed by atoms with Crippen LogP contribution in [-0.4, -0.2) is 47.0 Å². The van der Waals surface area contributed by atoms with Gasteiger partial charge in [-0.15, -0.1) is 0 Å². The summed E-state index contributed by atoms with van der Waals surface area (Å²) in [6.07, 6.45) is 6.11. The monoisotopic (exact) mass is 472 g/mol. The van der Waals surface area contributed by atoms with Crippen LogP contribution in [0.4, 0.5) is 5.69 Å². The number of benzene rings is 2. The lowest BCUT2D eigenvalue weighted by molar-refractivity contribution is -0.386. The van der Waals surface area contributed by atoms with Crippen molar-refractivity contribution in [3.05, 3.63) is 81.5 Å². The maximum Gasteiger partial charge on any atom is 0.311 e. The Hall–Kier alpha value is -3.78. The zero-order chi connectivity index (χ0) is 24.7. The van der Waals surface area contributed by atoms with Crippen molar-refractivity contribution in [3.63, 3.8) is 0 Å². The molecule has 0 spiro atoms. The smallest absolute Gasteiger partial charge is 0.311 e. The van der Waals surface area contributed by atoms with Gasteiger partial charge in [0.25, 0.3) is 5.91 Å². The first-order valence-electron chi connectivity index (χ1n) is 11.8. The Morgan fingerprint density at radius 3 is 2.80 bits per heavy atom. The number of aryl methyl sites for hydroxylation is 1. The molecule has 8 heteroatoms. The summed E-state index contributed by atoms with van der Waals surface area (Å²) < 4.78 is 5.85. The molecule has 1 N–H and O–H groups in total. The predicted molar refractivity (Wildman–Crippen MR) is 135 cm³/mol. The van der Waals surface area contributed by atoms with Gasteiger partial charge in [0.1, 0.15) is 6.61 Å². The van der Waals surface area contributed by atoms with Crippen LogP contribution in [0, 0.1) is 17.0 Å². The predicted octanol–water partition coefficient (Wildman–Crippen LogP) is 4.60. The highest BCUT2D eigenvalue weighted by molar-refractivity contribution is 5.98. The average molecular weight is 473 g/mol. The number of nitro groups is 1. The van der Waals surface area contributed by atoms with Crippen molar-refractivity contribution >= 4 is 28.6 Å². The fourth-order valence-electron chi connectivity index (χ4n) is 4.73. The molecule has 3 aromatic rings. The number of nitro benzene ring substituents is 1. The zero-order valence-corrected chi connectivity index (χ0v) is 19.9. The second kappa shape index (κ2) is 8.78. The number of fused-ring (bicyclic) bond motifs is 1. The summed E-state index contributed by atoms with van der Waals surface area (Å²) in [6, 6.07) is 11.1. The number of likely N-dealkylation sites (N-methyl/N-ethyl adjacent to an activating group) is 1. The Bertz CT molecular complexity index is 1350. The van der Waals surface area contributed by atoms with Gasteiger partial charge in [-0.1, -0.05) is 18.7 Å². The van der Waals surface area contributed by atoms with Crippen LogP contribution in [0.15, 0.2) is 49.2 Å². The van der Waals surface area contributed by atoms with E-state index >= 15 is 0 Å². The Morgan fingerprint density at radius 1 is 1.37 bits per heavy atom. The minimum Gasteiger partial charge on any atom is -0.485 e.